The smallest absolute Gasteiger partial charge is 0.240 e. The van der Waals surface area contributed by atoms with Gasteiger partial charge in [-0.25, -0.2) is 13.1 Å². The Morgan fingerprint density at radius 2 is 1.87 bits per heavy atom. The normalized spacial score (nSPS) is 24.8. The molecule has 31 heavy (non-hydrogen) atoms. The van der Waals surface area contributed by atoms with Gasteiger partial charge in [-0.05, 0) is 68.2 Å². The van der Waals surface area contributed by atoms with Crippen LogP contribution in [-0.4, -0.2) is 58.0 Å². The lowest BCUT2D eigenvalue weighted by Gasteiger charge is -2.34. The van der Waals surface area contributed by atoms with E-state index in [2.05, 4.69) is 10.0 Å². The van der Waals surface area contributed by atoms with Crippen LogP contribution >= 0.6 is 0 Å². The van der Waals surface area contributed by atoms with E-state index in [0.717, 1.165) is 31.2 Å². The number of sulfonamides is 1. The predicted molar refractivity (Wildman–Crippen MR) is 116 cm³/mol. The number of fused-ring (bicyclic) bond motifs is 1. The van der Waals surface area contributed by atoms with Crippen molar-refractivity contribution >= 4 is 27.5 Å². The maximum absolute atomic E-state index is 12.8. The van der Waals surface area contributed by atoms with Crippen LogP contribution in [0.4, 0.5) is 5.69 Å². The molecule has 1 aromatic carbocycles. The van der Waals surface area contributed by atoms with E-state index in [1.54, 1.807) is 18.2 Å². The fourth-order valence-corrected chi connectivity index (χ4v) is 5.85. The van der Waals surface area contributed by atoms with Gasteiger partial charge in [0, 0.05) is 37.7 Å². The fraction of sp³-hybridized carbons (Fsp3) is 0.636. The summed E-state index contributed by atoms with van der Waals surface area (Å²) in [6.45, 7) is 2.94. The minimum Gasteiger partial charge on any atom is -0.378 e. The molecule has 2 aliphatic heterocycles. The van der Waals surface area contributed by atoms with E-state index in [1.807, 2.05) is 4.90 Å². The number of amides is 2. The maximum atomic E-state index is 12.8. The number of rotatable bonds is 5. The van der Waals surface area contributed by atoms with Crippen molar-refractivity contribution in [2.24, 2.45) is 11.8 Å². The molecule has 0 spiro atoms. The Hall–Kier alpha value is -1.97. The number of benzene rings is 1. The molecular formula is C22H31N3O5S. The van der Waals surface area contributed by atoms with Crippen molar-refractivity contribution in [1.82, 2.24) is 9.62 Å². The second-order valence-electron chi connectivity index (χ2n) is 8.73. The molecule has 170 valence electrons. The molecule has 4 rings (SSSR count). The van der Waals surface area contributed by atoms with Crippen molar-refractivity contribution in [3.05, 3.63) is 23.8 Å². The molecule has 3 aliphatic rings. The number of carbonyl (C=O) groups excluding carboxylic acids is 2. The maximum Gasteiger partial charge on any atom is 0.240 e. The SMILES string of the molecule is O=C1CCCc2cc(S(=O)(=O)NCC3CCC(C(=O)N4CCOCC4)CC3)ccc2N1. The Balaban J connectivity index is 1.30. The average Bonchev–Trinajstić information content (AvgIpc) is 2.98. The fourth-order valence-electron chi connectivity index (χ4n) is 4.68. The van der Waals surface area contributed by atoms with Gasteiger partial charge in [-0.15, -0.1) is 0 Å². The van der Waals surface area contributed by atoms with Gasteiger partial charge in [-0.1, -0.05) is 0 Å². The number of anilines is 1. The lowest BCUT2D eigenvalue weighted by molar-refractivity contribution is -0.141. The van der Waals surface area contributed by atoms with Crippen molar-refractivity contribution in [2.75, 3.05) is 38.2 Å². The second kappa shape index (κ2) is 9.67. The molecule has 1 saturated heterocycles. The Morgan fingerprint density at radius 3 is 2.61 bits per heavy atom. The van der Waals surface area contributed by atoms with Gasteiger partial charge in [0.2, 0.25) is 21.8 Å². The standard InChI is InChI=1S/C22H31N3O5S/c26-21-3-1-2-18-14-19(8-9-20(18)24-21)31(28,29)23-15-16-4-6-17(7-5-16)22(27)25-10-12-30-13-11-25/h8-9,14,16-17,23H,1-7,10-13,15H2,(H,24,26). The lowest BCUT2D eigenvalue weighted by Crippen LogP contribution is -2.44. The van der Waals surface area contributed by atoms with Gasteiger partial charge >= 0.3 is 0 Å². The summed E-state index contributed by atoms with van der Waals surface area (Å²) in [5.41, 5.74) is 1.56. The van der Waals surface area contributed by atoms with Gasteiger partial charge in [0.25, 0.3) is 0 Å². The third-order valence-electron chi connectivity index (χ3n) is 6.59. The van der Waals surface area contributed by atoms with Crippen LogP contribution in [0.1, 0.15) is 44.1 Å². The molecule has 2 amide bonds. The topological polar surface area (TPSA) is 105 Å². The second-order valence-corrected chi connectivity index (χ2v) is 10.5. The molecule has 0 atom stereocenters. The zero-order valence-electron chi connectivity index (χ0n) is 17.8. The summed E-state index contributed by atoms with van der Waals surface area (Å²) in [7, 11) is -3.62. The zero-order chi connectivity index (χ0) is 21.8. The van der Waals surface area contributed by atoms with Crippen molar-refractivity contribution < 1.29 is 22.7 Å². The molecule has 2 heterocycles. The molecule has 1 aliphatic carbocycles. The molecule has 2 N–H and O–H groups in total. The van der Waals surface area contributed by atoms with Crippen LogP contribution in [0.5, 0.6) is 0 Å². The first kappa shape index (κ1) is 22.2. The monoisotopic (exact) mass is 449 g/mol. The van der Waals surface area contributed by atoms with E-state index < -0.39 is 10.0 Å². The summed E-state index contributed by atoms with van der Waals surface area (Å²) in [5, 5.41) is 2.83. The van der Waals surface area contributed by atoms with Crippen LogP contribution in [-0.2, 0) is 30.8 Å². The number of hydrogen-bond donors (Lipinski definition) is 2. The minimum absolute atomic E-state index is 0.0322. The van der Waals surface area contributed by atoms with Gasteiger partial charge in [0.1, 0.15) is 0 Å². The van der Waals surface area contributed by atoms with E-state index in [0.29, 0.717) is 57.8 Å². The molecule has 9 heteroatoms. The quantitative estimate of drug-likeness (QED) is 0.714. The highest BCUT2D eigenvalue weighted by Gasteiger charge is 2.31. The first-order valence-corrected chi connectivity index (χ1v) is 12.7. The molecular weight excluding hydrogens is 418 g/mol. The number of nitrogens with one attached hydrogen (secondary N) is 2. The van der Waals surface area contributed by atoms with Crippen LogP contribution in [0.25, 0.3) is 0 Å². The summed E-state index contributed by atoms with van der Waals surface area (Å²) < 4.78 is 33.7. The van der Waals surface area contributed by atoms with Gasteiger partial charge in [-0.2, -0.15) is 0 Å². The summed E-state index contributed by atoms with van der Waals surface area (Å²) in [6.07, 6.45) is 5.15. The predicted octanol–water partition coefficient (Wildman–Crippen LogP) is 1.90. The van der Waals surface area contributed by atoms with Gasteiger partial charge < -0.3 is 15.0 Å². The zero-order valence-corrected chi connectivity index (χ0v) is 18.6. The van der Waals surface area contributed by atoms with E-state index in [9.17, 15) is 18.0 Å². The van der Waals surface area contributed by atoms with Crippen LogP contribution in [0.3, 0.4) is 0 Å². The van der Waals surface area contributed by atoms with E-state index in [-0.39, 0.29) is 28.5 Å². The number of ether oxygens (including phenoxy) is 1. The number of nitrogens with zero attached hydrogens (tertiary/aromatic N) is 1. The van der Waals surface area contributed by atoms with E-state index in [1.165, 1.54) is 0 Å². The first-order chi connectivity index (χ1) is 14.9. The molecule has 2 fully saturated rings. The van der Waals surface area contributed by atoms with Crippen LogP contribution < -0.4 is 10.0 Å². The van der Waals surface area contributed by atoms with Crippen LogP contribution in [0.2, 0.25) is 0 Å². The molecule has 8 nitrogen and oxygen atoms in total. The highest BCUT2D eigenvalue weighted by atomic mass is 32.2. The summed E-state index contributed by atoms with van der Waals surface area (Å²) in [4.78, 5) is 26.5. The van der Waals surface area contributed by atoms with Gasteiger partial charge in [0.05, 0.1) is 18.1 Å². The number of aryl methyl sites for hydroxylation is 1. The van der Waals surface area contributed by atoms with Crippen molar-refractivity contribution in [3.8, 4) is 0 Å². The lowest BCUT2D eigenvalue weighted by atomic mass is 9.81. The van der Waals surface area contributed by atoms with Crippen molar-refractivity contribution in [3.63, 3.8) is 0 Å². The molecule has 0 bridgehead atoms. The molecule has 1 aromatic rings. The Morgan fingerprint density at radius 1 is 1.13 bits per heavy atom. The third-order valence-corrected chi connectivity index (χ3v) is 8.01. The first-order valence-electron chi connectivity index (χ1n) is 11.2. The van der Waals surface area contributed by atoms with Gasteiger partial charge in [0.15, 0.2) is 0 Å². The number of morpholine rings is 1. The van der Waals surface area contributed by atoms with Crippen molar-refractivity contribution in [1.29, 1.82) is 0 Å². The number of carbonyl (C=O) groups is 2. The van der Waals surface area contributed by atoms with Crippen molar-refractivity contribution in [2.45, 2.75) is 49.8 Å². The number of hydrogen-bond acceptors (Lipinski definition) is 5. The van der Waals surface area contributed by atoms with E-state index >= 15 is 0 Å². The highest BCUT2D eigenvalue weighted by Crippen LogP contribution is 2.30. The summed E-state index contributed by atoms with van der Waals surface area (Å²) >= 11 is 0. The highest BCUT2D eigenvalue weighted by molar-refractivity contribution is 7.89. The molecule has 1 saturated carbocycles. The third kappa shape index (κ3) is 5.45. The average molecular weight is 450 g/mol. The van der Waals surface area contributed by atoms with Crippen LogP contribution in [0, 0.1) is 11.8 Å². The summed E-state index contributed by atoms with van der Waals surface area (Å²) in [6, 6.07) is 4.89. The largest absolute Gasteiger partial charge is 0.378 e. The summed E-state index contributed by atoms with van der Waals surface area (Å²) in [5.74, 6) is 0.476. The van der Waals surface area contributed by atoms with E-state index in [4.69, 9.17) is 4.74 Å². The Kier molecular flexibility index (Phi) is 6.93. The molecule has 0 aromatic heterocycles. The van der Waals surface area contributed by atoms with Crippen LogP contribution in [0.15, 0.2) is 23.1 Å². The molecule has 0 radical (unpaired) electrons. The Bertz CT molecular complexity index is 919. The minimum atomic E-state index is -3.62. The Labute approximate surface area is 183 Å². The van der Waals surface area contributed by atoms with Gasteiger partial charge in [-0.3, -0.25) is 9.59 Å². The molecule has 0 unspecified atom stereocenters.